The van der Waals surface area contributed by atoms with Crippen molar-refractivity contribution in [2.75, 3.05) is 26.9 Å². The van der Waals surface area contributed by atoms with Crippen molar-refractivity contribution in [2.24, 2.45) is 11.1 Å². The third-order valence-corrected chi connectivity index (χ3v) is 3.60. The quantitative estimate of drug-likeness (QED) is 0.719. The minimum atomic E-state index is -0.779. The maximum absolute atomic E-state index is 12.5. The van der Waals surface area contributed by atoms with E-state index in [1.54, 1.807) is 7.11 Å². The van der Waals surface area contributed by atoms with Gasteiger partial charge < -0.3 is 20.5 Å². The van der Waals surface area contributed by atoms with E-state index in [9.17, 15) is 4.79 Å². The number of carbonyl (C=O) groups is 1. The Bertz CT molecular complexity index is 325. The standard InChI is InChI=1S/C12H22N2O3S/c1-11(2,8-16-3)14-10(15)12(9(13)18)4-6-17-7-5-12/h4-8H2,1-3H3,(H2,13,18)(H,14,15). The second kappa shape index (κ2) is 5.95. The molecule has 1 amide bonds. The molecule has 1 rings (SSSR count). The number of rotatable bonds is 5. The average molecular weight is 274 g/mol. The van der Waals surface area contributed by atoms with Crippen LogP contribution >= 0.6 is 12.2 Å². The number of ether oxygens (including phenoxy) is 2. The zero-order valence-electron chi connectivity index (χ0n) is 11.2. The number of nitrogens with one attached hydrogen (secondary N) is 1. The Hall–Kier alpha value is -0.720. The van der Waals surface area contributed by atoms with Crippen molar-refractivity contribution in [2.45, 2.75) is 32.2 Å². The first-order chi connectivity index (χ1) is 8.34. The molecule has 1 aliphatic rings. The molecule has 18 heavy (non-hydrogen) atoms. The highest BCUT2D eigenvalue weighted by molar-refractivity contribution is 7.80. The highest BCUT2D eigenvalue weighted by atomic mass is 32.1. The van der Waals surface area contributed by atoms with Crippen LogP contribution in [0.1, 0.15) is 26.7 Å². The number of amides is 1. The summed E-state index contributed by atoms with van der Waals surface area (Å²) in [6, 6.07) is 0. The van der Waals surface area contributed by atoms with Crippen LogP contribution in [-0.4, -0.2) is 43.4 Å². The number of thiocarbonyl (C=S) groups is 1. The van der Waals surface area contributed by atoms with Crippen LogP contribution in [0.25, 0.3) is 0 Å². The summed E-state index contributed by atoms with van der Waals surface area (Å²) in [7, 11) is 1.60. The zero-order valence-corrected chi connectivity index (χ0v) is 12.1. The van der Waals surface area contributed by atoms with Gasteiger partial charge >= 0.3 is 0 Å². The van der Waals surface area contributed by atoms with E-state index in [2.05, 4.69) is 5.32 Å². The number of methoxy groups -OCH3 is 1. The average Bonchev–Trinajstić information content (AvgIpc) is 2.28. The van der Waals surface area contributed by atoms with Gasteiger partial charge in [0.05, 0.1) is 17.1 Å². The maximum atomic E-state index is 12.5. The van der Waals surface area contributed by atoms with Crippen LogP contribution in [0.15, 0.2) is 0 Å². The summed E-state index contributed by atoms with van der Waals surface area (Å²) in [5.41, 5.74) is 4.56. The number of carbonyl (C=O) groups excluding carboxylic acids is 1. The Morgan fingerprint density at radius 2 is 2.06 bits per heavy atom. The summed E-state index contributed by atoms with van der Waals surface area (Å²) in [4.78, 5) is 12.7. The largest absolute Gasteiger partial charge is 0.392 e. The summed E-state index contributed by atoms with van der Waals surface area (Å²) < 4.78 is 10.4. The smallest absolute Gasteiger partial charge is 0.233 e. The van der Waals surface area contributed by atoms with Crippen molar-refractivity contribution in [1.82, 2.24) is 5.32 Å². The lowest BCUT2D eigenvalue weighted by atomic mass is 9.78. The Morgan fingerprint density at radius 1 is 1.50 bits per heavy atom. The van der Waals surface area contributed by atoms with Crippen LogP contribution in [0.5, 0.6) is 0 Å². The first kappa shape index (κ1) is 15.3. The molecule has 0 radical (unpaired) electrons. The second-order valence-electron chi connectivity index (χ2n) is 5.33. The van der Waals surface area contributed by atoms with E-state index < -0.39 is 11.0 Å². The van der Waals surface area contributed by atoms with Crippen molar-refractivity contribution in [1.29, 1.82) is 0 Å². The van der Waals surface area contributed by atoms with Crippen molar-refractivity contribution < 1.29 is 14.3 Å². The highest BCUT2D eigenvalue weighted by Gasteiger charge is 2.44. The van der Waals surface area contributed by atoms with E-state index in [0.29, 0.717) is 32.7 Å². The van der Waals surface area contributed by atoms with Crippen LogP contribution in [-0.2, 0) is 14.3 Å². The van der Waals surface area contributed by atoms with Crippen molar-refractivity contribution in [3.63, 3.8) is 0 Å². The van der Waals surface area contributed by atoms with Gasteiger partial charge in [-0.3, -0.25) is 4.79 Å². The molecule has 0 unspecified atom stereocenters. The molecular formula is C12H22N2O3S. The van der Waals surface area contributed by atoms with E-state index in [-0.39, 0.29) is 10.9 Å². The van der Waals surface area contributed by atoms with E-state index in [4.69, 9.17) is 27.4 Å². The Morgan fingerprint density at radius 3 is 2.50 bits per heavy atom. The first-order valence-corrected chi connectivity index (χ1v) is 6.44. The molecule has 1 aliphatic heterocycles. The first-order valence-electron chi connectivity index (χ1n) is 6.03. The van der Waals surface area contributed by atoms with E-state index in [1.807, 2.05) is 13.8 Å². The van der Waals surface area contributed by atoms with Gasteiger partial charge in [0, 0.05) is 20.3 Å². The van der Waals surface area contributed by atoms with Crippen LogP contribution < -0.4 is 11.1 Å². The predicted octanol–water partition coefficient (Wildman–Crippen LogP) is 0.611. The summed E-state index contributed by atoms with van der Waals surface area (Å²) in [5, 5.41) is 2.96. The third-order valence-electron chi connectivity index (χ3n) is 3.21. The molecule has 0 aromatic carbocycles. The van der Waals surface area contributed by atoms with Crippen LogP contribution in [0.3, 0.4) is 0 Å². The van der Waals surface area contributed by atoms with Gasteiger partial charge in [0.25, 0.3) is 0 Å². The summed E-state index contributed by atoms with van der Waals surface area (Å²) in [5.74, 6) is -0.125. The molecule has 0 aliphatic carbocycles. The summed E-state index contributed by atoms with van der Waals surface area (Å²) in [6.07, 6.45) is 1.08. The normalized spacial score (nSPS) is 19.3. The Labute approximate surface area is 113 Å². The highest BCUT2D eigenvalue weighted by Crippen LogP contribution is 2.32. The van der Waals surface area contributed by atoms with Crippen LogP contribution in [0.2, 0.25) is 0 Å². The molecule has 0 aromatic heterocycles. The molecule has 1 heterocycles. The van der Waals surface area contributed by atoms with E-state index in [0.717, 1.165) is 0 Å². The Balaban J connectivity index is 2.81. The van der Waals surface area contributed by atoms with Gasteiger partial charge in [-0.05, 0) is 26.7 Å². The molecule has 0 saturated carbocycles. The fourth-order valence-electron chi connectivity index (χ4n) is 2.13. The number of hydrogen-bond acceptors (Lipinski definition) is 4. The van der Waals surface area contributed by atoms with Gasteiger partial charge in [-0.15, -0.1) is 0 Å². The van der Waals surface area contributed by atoms with Gasteiger partial charge in [0.1, 0.15) is 5.41 Å². The van der Waals surface area contributed by atoms with Crippen molar-refractivity contribution >= 4 is 23.1 Å². The van der Waals surface area contributed by atoms with Crippen LogP contribution in [0, 0.1) is 5.41 Å². The fraction of sp³-hybridized carbons (Fsp3) is 0.833. The number of hydrogen-bond donors (Lipinski definition) is 2. The molecule has 0 atom stereocenters. The van der Waals surface area contributed by atoms with E-state index >= 15 is 0 Å². The summed E-state index contributed by atoms with van der Waals surface area (Å²) in [6.45, 7) is 5.26. The number of nitrogens with two attached hydrogens (primary N) is 1. The van der Waals surface area contributed by atoms with Gasteiger partial charge in [-0.25, -0.2) is 0 Å². The van der Waals surface area contributed by atoms with Crippen molar-refractivity contribution in [3.8, 4) is 0 Å². The van der Waals surface area contributed by atoms with Crippen molar-refractivity contribution in [3.05, 3.63) is 0 Å². The summed E-state index contributed by atoms with van der Waals surface area (Å²) >= 11 is 5.09. The third kappa shape index (κ3) is 3.40. The van der Waals surface area contributed by atoms with Gasteiger partial charge in [0.2, 0.25) is 5.91 Å². The predicted molar refractivity (Wildman–Crippen MR) is 73.4 cm³/mol. The van der Waals surface area contributed by atoms with Gasteiger partial charge in [0.15, 0.2) is 0 Å². The SMILES string of the molecule is COCC(C)(C)NC(=O)C1(C(N)=S)CCOCC1. The lowest BCUT2D eigenvalue weighted by molar-refractivity contribution is -0.133. The molecule has 104 valence electrons. The molecule has 0 aromatic rings. The minimum Gasteiger partial charge on any atom is -0.392 e. The van der Waals surface area contributed by atoms with Gasteiger partial charge in [-0.1, -0.05) is 12.2 Å². The Kier molecular flexibility index (Phi) is 5.07. The monoisotopic (exact) mass is 274 g/mol. The van der Waals surface area contributed by atoms with Crippen LogP contribution in [0.4, 0.5) is 0 Å². The minimum absolute atomic E-state index is 0.125. The lowest BCUT2D eigenvalue weighted by Gasteiger charge is -2.37. The second-order valence-corrected chi connectivity index (χ2v) is 5.77. The zero-order chi connectivity index (χ0) is 13.8. The maximum Gasteiger partial charge on any atom is 0.233 e. The molecule has 1 fully saturated rings. The molecular weight excluding hydrogens is 252 g/mol. The molecule has 3 N–H and O–H groups in total. The van der Waals surface area contributed by atoms with E-state index in [1.165, 1.54) is 0 Å². The van der Waals surface area contributed by atoms with Gasteiger partial charge in [-0.2, -0.15) is 0 Å². The molecule has 0 bridgehead atoms. The fourth-order valence-corrected chi connectivity index (χ4v) is 2.43. The molecule has 6 heteroatoms. The molecule has 0 spiro atoms. The topological polar surface area (TPSA) is 73.6 Å². The molecule has 1 saturated heterocycles. The molecule has 5 nitrogen and oxygen atoms in total. The lowest BCUT2D eigenvalue weighted by Crippen LogP contribution is -2.57.